The Hall–Kier alpha value is -2.56. The molecule has 0 atom stereocenters. The van der Waals surface area contributed by atoms with Gasteiger partial charge in [-0.25, -0.2) is 0 Å². The van der Waals surface area contributed by atoms with Gasteiger partial charge in [-0.1, -0.05) is 0 Å². The monoisotopic (exact) mass is 320 g/mol. The van der Waals surface area contributed by atoms with Gasteiger partial charge >= 0.3 is 0 Å². The third kappa shape index (κ3) is 1.50. The van der Waals surface area contributed by atoms with Gasteiger partial charge in [-0.2, -0.15) is 5.10 Å². The molecule has 1 aliphatic carbocycles. The van der Waals surface area contributed by atoms with Gasteiger partial charge in [0.1, 0.15) is 5.69 Å². The number of aromatic amines is 2. The molecule has 0 radical (unpaired) electrons. The maximum absolute atomic E-state index is 12.7. The Balaban J connectivity index is 1.81. The Morgan fingerprint density at radius 1 is 1.29 bits per heavy atom. The minimum absolute atomic E-state index is 0.191. The molecule has 122 valence electrons. The summed E-state index contributed by atoms with van der Waals surface area (Å²) in [4.78, 5) is 18.2. The smallest absolute Gasteiger partial charge is 0.237 e. The lowest BCUT2D eigenvalue weighted by atomic mass is 9.85. The standard InChI is InChI=1S/C19H20N4O/c1-4-23-15-7-12-11-6-5-10-9-20-22-16(10)17(11)21-14(12)8-13(15)19(2,3)18(23)24/h7-9,21H,4-6H2,1-3H3,(H,20,22). The van der Waals surface area contributed by atoms with Crippen LogP contribution < -0.4 is 4.90 Å². The van der Waals surface area contributed by atoms with Crippen LogP contribution in [-0.2, 0) is 23.1 Å². The quantitative estimate of drug-likeness (QED) is 0.722. The highest BCUT2D eigenvalue weighted by molar-refractivity contribution is 6.10. The first kappa shape index (κ1) is 13.8. The fourth-order valence-electron chi connectivity index (χ4n) is 4.33. The molecule has 1 aromatic carbocycles. The van der Waals surface area contributed by atoms with Crippen molar-refractivity contribution in [1.29, 1.82) is 0 Å². The minimum atomic E-state index is -0.470. The van der Waals surface area contributed by atoms with Gasteiger partial charge in [0, 0.05) is 29.3 Å². The Morgan fingerprint density at radius 3 is 2.92 bits per heavy atom. The molecule has 5 nitrogen and oxygen atoms in total. The predicted octanol–water partition coefficient (Wildman–Crippen LogP) is 3.30. The van der Waals surface area contributed by atoms with Crippen LogP contribution in [0.5, 0.6) is 0 Å². The summed E-state index contributed by atoms with van der Waals surface area (Å²) in [5, 5.41) is 8.63. The summed E-state index contributed by atoms with van der Waals surface area (Å²) in [6.45, 7) is 6.78. The number of rotatable bonds is 1. The van der Waals surface area contributed by atoms with Crippen LogP contribution in [0, 0.1) is 0 Å². The molecule has 0 bridgehead atoms. The molecule has 1 aliphatic heterocycles. The lowest BCUT2D eigenvalue weighted by Gasteiger charge is -2.18. The molecule has 5 heteroatoms. The molecule has 0 spiro atoms. The van der Waals surface area contributed by atoms with Crippen molar-refractivity contribution in [2.24, 2.45) is 0 Å². The van der Waals surface area contributed by atoms with Crippen molar-refractivity contribution in [3.8, 4) is 11.4 Å². The third-order valence-electron chi connectivity index (χ3n) is 5.68. The van der Waals surface area contributed by atoms with Gasteiger partial charge in [0.15, 0.2) is 0 Å². The normalized spacial score (nSPS) is 18.0. The Labute approximate surface area is 140 Å². The number of likely N-dealkylation sites (N-methyl/N-ethyl adjacent to an activating group) is 1. The average molecular weight is 320 g/mol. The van der Waals surface area contributed by atoms with Crippen molar-refractivity contribution in [3.05, 3.63) is 35.0 Å². The Kier molecular flexibility index (Phi) is 2.47. The third-order valence-corrected chi connectivity index (χ3v) is 5.68. The molecule has 0 unspecified atom stereocenters. The van der Waals surface area contributed by atoms with Crippen molar-refractivity contribution < 1.29 is 4.79 Å². The van der Waals surface area contributed by atoms with Gasteiger partial charge in [0.25, 0.3) is 0 Å². The van der Waals surface area contributed by atoms with Crippen LogP contribution in [0.25, 0.3) is 22.3 Å². The van der Waals surface area contributed by atoms with E-state index in [1.165, 1.54) is 16.5 Å². The molecule has 1 amide bonds. The second-order valence-electron chi connectivity index (χ2n) is 7.33. The van der Waals surface area contributed by atoms with Crippen molar-refractivity contribution >= 4 is 22.5 Å². The number of H-pyrrole nitrogens is 2. The SMILES string of the molecule is CCN1C(=O)C(C)(C)c2cc3[nH]c4c(c3cc21)CCc1c[nH]nc1-4. The molecule has 3 heterocycles. The zero-order valence-electron chi connectivity index (χ0n) is 14.2. The molecule has 2 aromatic heterocycles. The van der Waals surface area contributed by atoms with E-state index < -0.39 is 5.41 Å². The fourth-order valence-corrected chi connectivity index (χ4v) is 4.33. The van der Waals surface area contributed by atoms with Gasteiger partial charge in [-0.3, -0.25) is 9.89 Å². The maximum Gasteiger partial charge on any atom is 0.237 e. The number of hydrogen-bond acceptors (Lipinski definition) is 2. The summed E-state index contributed by atoms with van der Waals surface area (Å²) in [7, 11) is 0. The zero-order chi connectivity index (χ0) is 16.6. The van der Waals surface area contributed by atoms with Crippen molar-refractivity contribution in [1.82, 2.24) is 15.2 Å². The van der Waals surface area contributed by atoms with Gasteiger partial charge in [0.05, 0.1) is 11.1 Å². The number of fused-ring (bicyclic) bond motifs is 6. The van der Waals surface area contributed by atoms with Crippen LogP contribution in [0.2, 0.25) is 0 Å². The van der Waals surface area contributed by atoms with Crippen LogP contribution >= 0.6 is 0 Å². The largest absolute Gasteiger partial charge is 0.353 e. The maximum atomic E-state index is 12.7. The summed E-state index contributed by atoms with van der Waals surface area (Å²) in [6.07, 6.45) is 4.00. The molecule has 5 rings (SSSR count). The summed E-state index contributed by atoms with van der Waals surface area (Å²) in [5.41, 5.74) is 7.57. The van der Waals surface area contributed by atoms with E-state index in [1.807, 2.05) is 31.9 Å². The first-order valence-corrected chi connectivity index (χ1v) is 8.56. The van der Waals surface area contributed by atoms with E-state index in [2.05, 4.69) is 27.3 Å². The molecular weight excluding hydrogens is 300 g/mol. The number of carbonyl (C=O) groups excluding carboxylic acids is 1. The lowest BCUT2D eigenvalue weighted by molar-refractivity contribution is -0.122. The summed E-state index contributed by atoms with van der Waals surface area (Å²) >= 11 is 0. The summed E-state index contributed by atoms with van der Waals surface area (Å²) < 4.78 is 0. The molecular formula is C19H20N4O. The zero-order valence-corrected chi connectivity index (χ0v) is 14.2. The molecule has 0 saturated carbocycles. The number of aryl methyl sites for hydroxylation is 2. The topological polar surface area (TPSA) is 64.8 Å². The second kappa shape index (κ2) is 4.29. The second-order valence-corrected chi connectivity index (χ2v) is 7.33. The van der Waals surface area contributed by atoms with Crippen LogP contribution in [0.3, 0.4) is 0 Å². The number of nitrogens with zero attached hydrogens (tertiary/aromatic N) is 2. The van der Waals surface area contributed by atoms with Crippen LogP contribution in [0.4, 0.5) is 5.69 Å². The Bertz CT molecular complexity index is 1010. The lowest BCUT2D eigenvalue weighted by Crippen LogP contribution is -2.35. The first-order valence-electron chi connectivity index (χ1n) is 8.56. The first-order chi connectivity index (χ1) is 11.5. The summed E-state index contributed by atoms with van der Waals surface area (Å²) in [5.74, 6) is 0.191. The minimum Gasteiger partial charge on any atom is -0.353 e. The Morgan fingerprint density at radius 2 is 2.12 bits per heavy atom. The number of carbonyl (C=O) groups is 1. The molecule has 2 aliphatic rings. The van der Waals surface area contributed by atoms with Gasteiger partial charge in [-0.15, -0.1) is 0 Å². The number of nitrogens with one attached hydrogen (secondary N) is 2. The summed E-state index contributed by atoms with van der Waals surface area (Å²) in [6, 6.07) is 4.37. The van der Waals surface area contributed by atoms with E-state index in [-0.39, 0.29) is 5.91 Å². The van der Waals surface area contributed by atoms with Crippen molar-refractivity contribution in [2.75, 3.05) is 11.4 Å². The molecule has 24 heavy (non-hydrogen) atoms. The fraction of sp³-hybridized carbons (Fsp3) is 0.368. The van der Waals surface area contributed by atoms with Crippen LogP contribution in [0.1, 0.15) is 37.5 Å². The van der Waals surface area contributed by atoms with Crippen molar-refractivity contribution in [2.45, 2.75) is 39.0 Å². The number of hydrogen-bond donors (Lipinski definition) is 2. The number of anilines is 1. The van der Waals surface area contributed by atoms with Crippen LogP contribution in [-0.4, -0.2) is 27.6 Å². The molecule has 2 N–H and O–H groups in total. The van der Waals surface area contributed by atoms with Crippen LogP contribution in [0.15, 0.2) is 18.3 Å². The van der Waals surface area contributed by atoms with Gasteiger partial charge < -0.3 is 9.88 Å². The average Bonchev–Trinajstić information content (AvgIpc) is 3.21. The van der Waals surface area contributed by atoms with E-state index in [0.29, 0.717) is 6.54 Å². The predicted molar refractivity (Wildman–Crippen MR) is 94.3 cm³/mol. The van der Waals surface area contributed by atoms with E-state index in [1.54, 1.807) is 0 Å². The number of amides is 1. The molecule has 3 aromatic rings. The van der Waals surface area contributed by atoms with E-state index >= 15 is 0 Å². The van der Waals surface area contributed by atoms with Gasteiger partial charge in [-0.05, 0) is 62.4 Å². The number of aromatic nitrogens is 3. The van der Waals surface area contributed by atoms with E-state index in [4.69, 9.17) is 0 Å². The highest BCUT2D eigenvalue weighted by Crippen LogP contribution is 2.46. The molecule has 0 fully saturated rings. The van der Waals surface area contributed by atoms with Gasteiger partial charge in [0.2, 0.25) is 5.91 Å². The van der Waals surface area contributed by atoms with E-state index in [9.17, 15) is 4.79 Å². The molecule has 0 saturated heterocycles. The highest BCUT2D eigenvalue weighted by atomic mass is 16.2. The van der Waals surface area contributed by atoms with E-state index in [0.717, 1.165) is 41.0 Å². The van der Waals surface area contributed by atoms with Crippen molar-refractivity contribution in [3.63, 3.8) is 0 Å². The number of benzene rings is 1. The highest BCUT2D eigenvalue weighted by Gasteiger charge is 2.43.